The van der Waals surface area contributed by atoms with Crippen LogP contribution in [0.1, 0.15) is 31.4 Å². The Bertz CT molecular complexity index is 810. The Morgan fingerprint density at radius 1 is 1.00 bits per heavy atom. The molecule has 1 aromatic carbocycles. The second-order valence-corrected chi connectivity index (χ2v) is 7.28. The van der Waals surface area contributed by atoms with Crippen molar-refractivity contribution in [2.45, 2.75) is 32.2 Å². The van der Waals surface area contributed by atoms with Gasteiger partial charge in [0, 0.05) is 30.7 Å². The molecule has 0 spiro atoms. The van der Waals surface area contributed by atoms with Gasteiger partial charge >= 0.3 is 0 Å². The zero-order chi connectivity index (χ0) is 18.7. The molecule has 2 fully saturated rings. The van der Waals surface area contributed by atoms with Crippen LogP contribution in [0.2, 0.25) is 0 Å². The third-order valence-corrected chi connectivity index (χ3v) is 5.37. The van der Waals surface area contributed by atoms with Gasteiger partial charge in [0.25, 0.3) is 0 Å². The summed E-state index contributed by atoms with van der Waals surface area (Å²) in [5, 5.41) is 5.75. The number of carbonyl (C=O) groups is 2. The zero-order valence-electron chi connectivity index (χ0n) is 15.3. The van der Waals surface area contributed by atoms with Crippen molar-refractivity contribution in [3.05, 3.63) is 54.4 Å². The van der Waals surface area contributed by atoms with Gasteiger partial charge in [-0.05, 0) is 62.1 Å². The molecule has 0 atom stereocenters. The normalized spacial score (nSPS) is 17.4. The van der Waals surface area contributed by atoms with E-state index in [4.69, 9.17) is 0 Å². The maximum absolute atomic E-state index is 12.7. The molecule has 1 saturated carbocycles. The Kier molecular flexibility index (Phi) is 4.79. The Morgan fingerprint density at radius 3 is 2.37 bits per heavy atom. The smallest absolute Gasteiger partial charge is 0.240 e. The van der Waals surface area contributed by atoms with Crippen molar-refractivity contribution >= 4 is 23.2 Å². The van der Waals surface area contributed by atoms with Crippen LogP contribution in [-0.2, 0) is 16.1 Å². The topological polar surface area (TPSA) is 74.3 Å². The summed E-state index contributed by atoms with van der Waals surface area (Å²) in [6.45, 7) is 2.51. The highest BCUT2D eigenvalue weighted by atomic mass is 16.2. The first-order valence-corrected chi connectivity index (χ1v) is 9.52. The standard InChI is InChI=1S/C21H24N4O2/c26-19(23-15-17-5-1-2-12-22-17)21(10-11-21)20(27)24-16-6-8-18(9-7-16)25-13-3-4-14-25/h1-2,5-9,12H,3-4,10-11,13-15H2,(H,23,26)(H,24,27). The maximum Gasteiger partial charge on any atom is 0.240 e. The second kappa shape index (κ2) is 7.39. The lowest BCUT2D eigenvalue weighted by Gasteiger charge is -2.19. The molecule has 4 rings (SSSR count). The van der Waals surface area contributed by atoms with Gasteiger partial charge in [0.15, 0.2) is 0 Å². The van der Waals surface area contributed by atoms with E-state index in [1.54, 1.807) is 6.20 Å². The van der Waals surface area contributed by atoms with E-state index in [9.17, 15) is 9.59 Å². The molecule has 1 aliphatic heterocycles. The molecule has 0 unspecified atom stereocenters. The highest BCUT2D eigenvalue weighted by molar-refractivity contribution is 6.13. The van der Waals surface area contributed by atoms with Crippen LogP contribution in [0, 0.1) is 5.41 Å². The van der Waals surface area contributed by atoms with Gasteiger partial charge in [-0.1, -0.05) is 6.07 Å². The number of nitrogens with zero attached hydrogens (tertiary/aromatic N) is 2. The molecule has 2 N–H and O–H groups in total. The second-order valence-electron chi connectivity index (χ2n) is 7.28. The summed E-state index contributed by atoms with van der Waals surface area (Å²) in [5.41, 5.74) is 1.74. The fourth-order valence-electron chi connectivity index (χ4n) is 3.51. The highest BCUT2D eigenvalue weighted by Crippen LogP contribution is 2.47. The molecule has 1 saturated heterocycles. The van der Waals surface area contributed by atoms with Crippen LogP contribution < -0.4 is 15.5 Å². The molecular weight excluding hydrogens is 340 g/mol. The van der Waals surface area contributed by atoms with Crippen molar-refractivity contribution in [3.63, 3.8) is 0 Å². The molecule has 2 heterocycles. The van der Waals surface area contributed by atoms with Gasteiger partial charge < -0.3 is 15.5 Å². The zero-order valence-corrected chi connectivity index (χ0v) is 15.3. The fraction of sp³-hybridized carbons (Fsp3) is 0.381. The minimum absolute atomic E-state index is 0.223. The van der Waals surface area contributed by atoms with E-state index >= 15 is 0 Å². The fourth-order valence-corrected chi connectivity index (χ4v) is 3.51. The van der Waals surface area contributed by atoms with Crippen LogP contribution in [0.15, 0.2) is 48.7 Å². The monoisotopic (exact) mass is 364 g/mol. The minimum Gasteiger partial charge on any atom is -0.372 e. The first-order chi connectivity index (χ1) is 13.2. The summed E-state index contributed by atoms with van der Waals surface area (Å²) in [4.78, 5) is 31.8. The molecule has 6 nitrogen and oxygen atoms in total. The third kappa shape index (κ3) is 3.79. The van der Waals surface area contributed by atoms with Gasteiger partial charge in [-0.3, -0.25) is 14.6 Å². The quantitative estimate of drug-likeness (QED) is 0.773. The first-order valence-electron chi connectivity index (χ1n) is 9.52. The van der Waals surface area contributed by atoms with Crippen LogP contribution in [-0.4, -0.2) is 29.9 Å². The maximum atomic E-state index is 12.7. The van der Waals surface area contributed by atoms with E-state index in [-0.39, 0.29) is 11.8 Å². The summed E-state index contributed by atoms with van der Waals surface area (Å²) < 4.78 is 0. The van der Waals surface area contributed by atoms with Crippen molar-refractivity contribution in [2.24, 2.45) is 5.41 Å². The summed E-state index contributed by atoms with van der Waals surface area (Å²) in [6, 6.07) is 13.4. The number of nitrogens with one attached hydrogen (secondary N) is 2. The number of anilines is 2. The van der Waals surface area contributed by atoms with Crippen LogP contribution >= 0.6 is 0 Å². The number of amides is 2. The summed E-state index contributed by atoms with van der Waals surface area (Å²) in [7, 11) is 0. The lowest BCUT2D eigenvalue weighted by molar-refractivity contribution is -0.134. The number of rotatable bonds is 6. The van der Waals surface area contributed by atoms with Crippen molar-refractivity contribution in [3.8, 4) is 0 Å². The number of hydrogen-bond acceptors (Lipinski definition) is 4. The molecule has 6 heteroatoms. The average molecular weight is 364 g/mol. The van der Waals surface area contributed by atoms with Crippen molar-refractivity contribution in [1.82, 2.24) is 10.3 Å². The Balaban J connectivity index is 1.35. The molecule has 2 amide bonds. The van der Waals surface area contributed by atoms with Crippen molar-refractivity contribution < 1.29 is 9.59 Å². The summed E-state index contributed by atoms with van der Waals surface area (Å²) in [6.07, 6.45) is 5.31. The van der Waals surface area contributed by atoms with Crippen LogP contribution in [0.5, 0.6) is 0 Å². The van der Waals surface area contributed by atoms with E-state index in [0.717, 1.165) is 24.5 Å². The van der Waals surface area contributed by atoms with Gasteiger partial charge in [-0.2, -0.15) is 0 Å². The number of hydrogen-bond donors (Lipinski definition) is 2. The largest absolute Gasteiger partial charge is 0.372 e. The van der Waals surface area contributed by atoms with Crippen LogP contribution in [0.4, 0.5) is 11.4 Å². The van der Waals surface area contributed by atoms with Crippen molar-refractivity contribution in [2.75, 3.05) is 23.3 Å². The van der Waals surface area contributed by atoms with E-state index < -0.39 is 5.41 Å². The Hall–Kier alpha value is -2.89. The first kappa shape index (κ1) is 17.5. The van der Waals surface area contributed by atoms with Crippen LogP contribution in [0.3, 0.4) is 0 Å². The van der Waals surface area contributed by atoms with E-state index in [2.05, 4.69) is 20.5 Å². The third-order valence-electron chi connectivity index (χ3n) is 5.37. The molecular formula is C21H24N4O2. The average Bonchev–Trinajstić information content (AvgIpc) is 3.35. The van der Waals surface area contributed by atoms with Gasteiger partial charge in [0.05, 0.1) is 12.2 Å². The summed E-state index contributed by atoms with van der Waals surface area (Å²) in [5.74, 6) is -0.450. The Labute approximate surface area is 159 Å². The molecule has 27 heavy (non-hydrogen) atoms. The molecule has 1 aliphatic carbocycles. The van der Waals surface area contributed by atoms with Crippen molar-refractivity contribution in [1.29, 1.82) is 0 Å². The van der Waals surface area contributed by atoms with E-state index in [1.807, 2.05) is 42.5 Å². The molecule has 1 aromatic heterocycles. The number of pyridine rings is 1. The predicted molar refractivity (Wildman–Crippen MR) is 104 cm³/mol. The SMILES string of the molecule is O=C(NCc1ccccn1)C1(C(=O)Nc2ccc(N3CCCC3)cc2)CC1. The number of benzene rings is 1. The highest BCUT2D eigenvalue weighted by Gasteiger charge is 2.56. The van der Waals surface area contributed by atoms with Crippen LogP contribution in [0.25, 0.3) is 0 Å². The molecule has 0 radical (unpaired) electrons. The van der Waals surface area contributed by atoms with Gasteiger partial charge in [-0.25, -0.2) is 0 Å². The van der Waals surface area contributed by atoms with E-state index in [1.165, 1.54) is 18.5 Å². The number of carbonyl (C=O) groups excluding carboxylic acids is 2. The molecule has 0 bridgehead atoms. The van der Waals surface area contributed by atoms with E-state index in [0.29, 0.717) is 19.4 Å². The Morgan fingerprint density at radius 2 is 1.74 bits per heavy atom. The lowest BCUT2D eigenvalue weighted by atomic mass is 10.0. The molecule has 2 aliphatic rings. The molecule has 140 valence electrons. The minimum atomic E-state index is -0.942. The van der Waals surface area contributed by atoms with Gasteiger partial charge in [-0.15, -0.1) is 0 Å². The van der Waals surface area contributed by atoms with Gasteiger partial charge in [0.1, 0.15) is 5.41 Å². The number of aromatic nitrogens is 1. The molecule has 2 aromatic rings. The lowest BCUT2D eigenvalue weighted by Crippen LogP contribution is -2.39. The van der Waals surface area contributed by atoms with Gasteiger partial charge in [0.2, 0.25) is 11.8 Å². The predicted octanol–water partition coefficient (Wildman–Crippen LogP) is 2.72. The summed E-state index contributed by atoms with van der Waals surface area (Å²) >= 11 is 0.